The Hall–Kier alpha value is -0.550. The molecule has 4 aliphatic rings. The van der Waals surface area contributed by atoms with Crippen molar-refractivity contribution in [2.24, 2.45) is 46.3 Å². The van der Waals surface area contributed by atoms with E-state index in [4.69, 9.17) is 4.74 Å². The number of hydrogen-bond donors (Lipinski definition) is 0. The molecule has 2 nitrogen and oxygen atoms in total. The number of nitriles is 1. The first-order valence-corrected chi connectivity index (χ1v) is 10.4. The lowest BCUT2D eigenvalue weighted by atomic mass is 9.43. The normalized spacial score (nSPS) is 56.7. The minimum atomic E-state index is 0.196. The van der Waals surface area contributed by atoms with Gasteiger partial charge in [-0.05, 0) is 85.4 Å². The van der Waals surface area contributed by atoms with E-state index < -0.39 is 0 Å². The highest BCUT2D eigenvalue weighted by atomic mass is 16.5. The lowest BCUT2D eigenvalue weighted by molar-refractivity contribution is -0.178. The summed E-state index contributed by atoms with van der Waals surface area (Å²) in [5.74, 6) is 4.33. The fourth-order valence-electron chi connectivity index (χ4n) is 8.00. The highest BCUT2D eigenvalue weighted by Gasteiger charge is 2.63. The van der Waals surface area contributed by atoms with Gasteiger partial charge in [-0.3, -0.25) is 0 Å². The van der Waals surface area contributed by atoms with Gasteiger partial charge in [0.2, 0.25) is 0 Å². The summed E-state index contributed by atoms with van der Waals surface area (Å²) in [4.78, 5) is 0. The summed E-state index contributed by atoms with van der Waals surface area (Å²) in [7, 11) is 1.93. The number of nitrogens with zero attached hydrogens (tertiary/aromatic N) is 1. The Balaban J connectivity index is 1.70. The number of methoxy groups -OCH3 is 1. The zero-order valence-electron chi connectivity index (χ0n) is 16.1. The molecule has 4 saturated carbocycles. The molecular weight excluding hydrogens is 294 g/mol. The highest BCUT2D eigenvalue weighted by Crippen LogP contribution is 2.68. The van der Waals surface area contributed by atoms with Crippen LogP contribution in [0.25, 0.3) is 0 Å². The molecule has 4 fully saturated rings. The van der Waals surface area contributed by atoms with Gasteiger partial charge in [0.15, 0.2) is 0 Å². The smallest absolute Gasteiger partial charge is 0.0661 e. The molecule has 0 radical (unpaired) electrons. The van der Waals surface area contributed by atoms with Crippen molar-refractivity contribution in [3.63, 3.8) is 0 Å². The Morgan fingerprint density at radius 1 is 1.04 bits per heavy atom. The van der Waals surface area contributed by atoms with Crippen LogP contribution in [0.1, 0.15) is 72.1 Å². The van der Waals surface area contributed by atoms with Crippen molar-refractivity contribution >= 4 is 0 Å². The maximum atomic E-state index is 9.70. The highest BCUT2D eigenvalue weighted by molar-refractivity contribution is 5.14. The van der Waals surface area contributed by atoms with E-state index in [1.165, 1.54) is 38.5 Å². The maximum Gasteiger partial charge on any atom is 0.0661 e. The number of rotatable bonds is 1. The standard InChI is InChI=1S/C22H35NO/c1-14-9-10-21(2)15(11-14)5-7-17-18-8-6-16(13-23)22(18,3)12-19(24-4)20(17)21/h14-20H,5-12H2,1-4H3/t14-,15+,16-,17+,18+,19+,20-,21+,22-/m1/s1. The second kappa shape index (κ2) is 5.73. The van der Waals surface area contributed by atoms with Gasteiger partial charge >= 0.3 is 0 Å². The van der Waals surface area contributed by atoms with Crippen molar-refractivity contribution in [2.45, 2.75) is 78.2 Å². The van der Waals surface area contributed by atoms with Crippen molar-refractivity contribution in [1.29, 1.82) is 5.26 Å². The Morgan fingerprint density at radius 2 is 1.83 bits per heavy atom. The van der Waals surface area contributed by atoms with E-state index >= 15 is 0 Å². The van der Waals surface area contributed by atoms with Crippen LogP contribution in [0.3, 0.4) is 0 Å². The van der Waals surface area contributed by atoms with E-state index in [1.807, 2.05) is 7.11 Å². The largest absolute Gasteiger partial charge is 0.381 e. The SMILES string of the molecule is CO[C@H]1C[C@]2(C)[C@@H](C#N)CC[C@H]2[C@@H]2CC[C@H]3C[C@H](C)CC[C@]3(C)[C@H]21. The van der Waals surface area contributed by atoms with Gasteiger partial charge in [0.25, 0.3) is 0 Å². The van der Waals surface area contributed by atoms with Crippen LogP contribution in [0.4, 0.5) is 0 Å². The number of fused-ring (bicyclic) bond motifs is 5. The Labute approximate surface area is 148 Å². The Kier molecular flexibility index (Phi) is 4.03. The molecule has 24 heavy (non-hydrogen) atoms. The first-order valence-electron chi connectivity index (χ1n) is 10.4. The molecule has 0 saturated heterocycles. The molecule has 4 rings (SSSR count). The second-order valence-electron chi connectivity index (χ2n) is 10.2. The van der Waals surface area contributed by atoms with Crippen LogP contribution < -0.4 is 0 Å². The van der Waals surface area contributed by atoms with Crippen molar-refractivity contribution in [3.8, 4) is 6.07 Å². The minimum Gasteiger partial charge on any atom is -0.381 e. The molecule has 0 bridgehead atoms. The van der Waals surface area contributed by atoms with Gasteiger partial charge in [-0.25, -0.2) is 0 Å². The summed E-state index contributed by atoms with van der Waals surface area (Å²) in [6, 6.07) is 2.66. The van der Waals surface area contributed by atoms with Gasteiger partial charge in [-0.15, -0.1) is 0 Å². The van der Waals surface area contributed by atoms with Crippen molar-refractivity contribution in [3.05, 3.63) is 0 Å². The summed E-state index contributed by atoms with van der Waals surface area (Å²) < 4.78 is 6.16. The van der Waals surface area contributed by atoms with Crippen LogP contribution in [0.5, 0.6) is 0 Å². The molecule has 0 spiro atoms. The van der Waals surface area contributed by atoms with Crippen LogP contribution >= 0.6 is 0 Å². The van der Waals surface area contributed by atoms with Crippen LogP contribution in [-0.4, -0.2) is 13.2 Å². The Bertz CT molecular complexity index is 539. The van der Waals surface area contributed by atoms with Crippen molar-refractivity contribution in [1.82, 2.24) is 0 Å². The van der Waals surface area contributed by atoms with Crippen molar-refractivity contribution < 1.29 is 4.74 Å². The third-order valence-corrected chi connectivity index (χ3v) is 9.29. The zero-order chi connectivity index (χ0) is 17.1. The number of hydrogen-bond acceptors (Lipinski definition) is 2. The molecule has 134 valence electrons. The molecule has 0 aromatic rings. The molecule has 0 heterocycles. The maximum absolute atomic E-state index is 9.70. The molecule has 0 aromatic heterocycles. The summed E-state index contributed by atoms with van der Waals surface area (Å²) in [5.41, 5.74) is 0.671. The monoisotopic (exact) mass is 329 g/mol. The third-order valence-electron chi connectivity index (χ3n) is 9.29. The zero-order valence-corrected chi connectivity index (χ0v) is 16.1. The van der Waals surface area contributed by atoms with Crippen molar-refractivity contribution in [2.75, 3.05) is 7.11 Å². The van der Waals surface area contributed by atoms with E-state index in [-0.39, 0.29) is 11.3 Å². The van der Waals surface area contributed by atoms with Gasteiger partial charge < -0.3 is 4.74 Å². The molecule has 0 unspecified atom stereocenters. The number of ether oxygens (including phenoxy) is 1. The molecule has 2 heteroatoms. The van der Waals surface area contributed by atoms with E-state index in [2.05, 4.69) is 26.8 Å². The first-order chi connectivity index (χ1) is 11.4. The van der Waals surface area contributed by atoms with Gasteiger partial charge in [0.05, 0.1) is 18.1 Å². The predicted octanol–water partition coefficient (Wildman–Crippen LogP) is 5.43. The fourth-order valence-corrected chi connectivity index (χ4v) is 8.00. The molecular formula is C22H35NO. The fraction of sp³-hybridized carbons (Fsp3) is 0.955. The second-order valence-corrected chi connectivity index (χ2v) is 10.2. The van der Waals surface area contributed by atoms with Gasteiger partial charge in [0.1, 0.15) is 0 Å². The average Bonchev–Trinajstić information content (AvgIpc) is 2.90. The summed E-state index contributed by atoms with van der Waals surface area (Å²) in [6.45, 7) is 7.47. The van der Waals surface area contributed by atoms with E-state index in [0.29, 0.717) is 11.5 Å². The minimum absolute atomic E-state index is 0.196. The molecule has 4 aliphatic carbocycles. The lowest BCUT2D eigenvalue weighted by Crippen LogP contribution is -2.59. The van der Waals surface area contributed by atoms with Gasteiger partial charge in [-0.1, -0.05) is 27.2 Å². The summed E-state index contributed by atoms with van der Waals surface area (Å²) in [6.07, 6.45) is 10.9. The molecule has 0 aromatic carbocycles. The predicted molar refractivity (Wildman–Crippen MR) is 96.2 cm³/mol. The van der Waals surface area contributed by atoms with Crippen LogP contribution in [-0.2, 0) is 4.74 Å². The molecule has 0 amide bonds. The lowest BCUT2D eigenvalue weighted by Gasteiger charge is -2.62. The van der Waals surface area contributed by atoms with Gasteiger partial charge in [0, 0.05) is 7.11 Å². The summed E-state index contributed by atoms with van der Waals surface area (Å²) in [5, 5.41) is 9.70. The van der Waals surface area contributed by atoms with E-state index in [1.54, 1.807) is 0 Å². The summed E-state index contributed by atoms with van der Waals surface area (Å²) >= 11 is 0. The first kappa shape index (κ1) is 16.9. The topological polar surface area (TPSA) is 33.0 Å². The molecule has 0 N–H and O–H groups in total. The third kappa shape index (κ3) is 2.16. The molecule has 0 aliphatic heterocycles. The van der Waals surface area contributed by atoms with Crippen LogP contribution in [0, 0.1) is 57.7 Å². The van der Waals surface area contributed by atoms with Crippen LogP contribution in [0.15, 0.2) is 0 Å². The average molecular weight is 330 g/mol. The quantitative estimate of drug-likeness (QED) is 0.642. The van der Waals surface area contributed by atoms with E-state index in [9.17, 15) is 5.26 Å². The van der Waals surface area contributed by atoms with Gasteiger partial charge in [-0.2, -0.15) is 5.26 Å². The molecule has 9 atom stereocenters. The Morgan fingerprint density at radius 3 is 2.54 bits per heavy atom. The van der Waals surface area contributed by atoms with Crippen LogP contribution in [0.2, 0.25) is 0 Å². The van der Waals surface area contributed by atoms with E-state index in [0.717, 1.165) is 42.4 Å².